The summed E-state index contributed by atoms with van der Waals surface area (Å²) >= 11 is 0. The van der Waals surface area contributed by atoms with Gasteiger partial charge in [0, 0.05) is 0 Å². The van der Waals surface area contributed by atoms with E-state index in [1.807, 2.05) is 6.07 Å². The van der Waals surface area contributed by atoms with Crippen molar-refractivity contribution in [2.45, 2.75) is 32.1 Å². The molecule has 0 saturated carbocycles. The highest BCUT2D eigenvalue weighted by molar-refractivity contribution is 5.82. The van der Waals surface area contributed by atoms with Crippen molar-refractivity contribution < 1.29 is 4.79 Å². The smallest absolute Gasteiger partial charge is 0.160 e. The van der Waals surface area contributed by atoms with Gasteiger partial charge in [0.15, 0.2) is 5.78 Å². The van der Waals surface area contributed by atoms with Crippen LogP contribution in [0.1, 0.15) is 32.1 Å². The average molecular weight is 180 g/mol. The highest BCUT2D eigenvalue weighted by atomic mass is 16.1. The first-order valence-corrected chi connectivity index (χ1v) is 4.94. The zero-order chi connectivity index (χ0) is 9.52. The first-order chi connectivity index (χ1) is 6.33. The van der Waals surface area contributed by atoms with Crippen molar-refractivity contribution in [1.82, 2.24) is 4.90 Å². The zero-order valence-corrected chi connectivity index (χ0v) is 7.96. The van der Waals surface area contributed by atoms with Gasteiger partial charge in [0.05, 0.1) is 19.0 Å². The van der Waals surface area contributed by atoms with Crippen LogP contribution in [0.25, 0.3) is 0 Å². The van der Waals surface area contributed by atoms with Crippen LogP contribution in [-0.2, 0) is 4.79 Å². The predicted molar refractivity (Wildman–Crippen MR) is 50.1 cm³/mol. The monoisotopic (exact) mass is 180 g/mol. The van der Waals surface area contributed by atoms with Crippen LogP contribution in [0.4, 0.5) is 0 Å². The summed E-state index contributed by atoms with van der Waals surface area (Å²) < 4.78 is 0. The Labute approximate surface area is 79.3 Å². The molecule has 1 saturated heterocycles. The maximum atomic E-state index is 11.2. The third-order valence-corrected chi connectivity index (χ3v) is 2.37. The highest BCUT2D eigenvalue weighted by Gasteiger charge is 2.12. The second-order valence-electron chi connectivity index (χ2n) is 3.56. The molecule has 1 aliphatic rings. The van der Waals surface area contributed by atoms with Gasteiger partial charge >= 0.3 is 0 Å². The number of ketones is 1. The molecule has 1 rings (SSSR count). The molecule has 3 heteroatoms. The molecule has 72 valence electrons. The van der Waals surface area contributed by atoms with Crippen molar-refractivity contribution in [1.29, 1.82) is 5.26 Å². The maximum absolute atomic E-state index is 11.2. The molecule has 0 spiro atoms. The van der Waals surface area contributed by atoms with E-state index in [0.717, 1.165) is 13.1 Å². The SMILES string of the molecule is N#CCC(=O)CN1CCCCCC1. The van der Waals surface area contributed by atoms with Gasteiger partial charge in [0.1, 0.15) is 0 Å². The molecule has 0 aromatic heterocycles. The Hall–Kier alpha value is -0.880. The predicted octanol–water partition coefficient (Wildman–Crippen LogP) is 1.35. The van der Waals surface area contributed by atoms with Crippen LogP contribution < -0.4 is 0 Å². The molecule has 0 unspecified atom stereocenters. The zero-order valence-electron chi connectivity index (χ0n) is 7.96. The molecule has 1 aliphatic heterocycles. The quantitative estimate of drug-likeness (QED) is 0.658. The first-order valence-electron chi connectivity index (χ1n) is 4.94. The van der Waals surface area contributed by atoms with Gasteiger partial charge < -0.3 is 0 Å². The molecule has 13 heavy (non-hydrogen) atoms. The summed E-state index contributed by atoms with van der Waals surface area (Å²) in [5.41, 5.74) is 0. The lowest BCUT2D eigenvalue weighted by Gasteiger charge is -2.17. The van der Waals surface area contributed by atoms with Gasteiger partial charge in [-0.2, -0.15) is 5.26 Å². The van der Waals surface area contributed by atoms with Crippen molar-refractivity contribution in [2.24, 2.45) is 0 Å². The number of carbonyl (C=O) groups excluding carboxylic acids is 1. The van der Waals surface area contributed by atoms with Gasteiger partial charge in [-0.05, 0) is 25.9 Å². The normalized spacial score (nSPS) is 19.0. The largest absolute Gasteiger partial charge is 0.297 e. The summed E-state index contributed by atoms with van der Waals surface area (Å²) in [7, 11) is 0. The summed E-state index contributed by atoms with van der Waals surface area (Å²) in [5.74, 6) is 0.0596. The molecule has 0 aliphatic carbocycles. The van der Waals surface area contributed by atoms with Gasteiger partial charge in [-0.15, -0.1) is 0 Å². The second-order valence-corrected chi connectivity index (χ2v) is 3.56. The Morgan fingerprint density at radius 3 is 2.38 bits per heavy atom. The number of hydrogen-bond acceptors (Lipinski definition) is 3. The molecule has 1 heterocycles. The fraction of sp³-hybridized carbons (Fsp3) is 0.800. The molecule has 0 radical (unpaired) electrons. The molecule has 0 N–H and O–H groups in total. The topological polar surface area (TPSA) is 44.1 Å². The van der Waals surface area contributed by atoms with Gasteiger partial charge in [0.25, 0.3) is 0 Å². The number of nitriles is 1. The fourth-order valence-electron chi connectivity index (χ4n) is 1.69. The molecule has 0 aromatic carbocycles. The molecule has 0 atom stereocenters. The van der Waals surface area contributed by atoms with E-state index in [0.29, 0.717) is 6.54 Å². The Bertz CT molecular complexity index is 199. The van der Waals surface area contributed by atoms with Crippen LogP contribution in [0.3, 0.4) is 0 Å². The van der Waals surface area contributed by atoms with Crippen LogP contribution >= 0.6 is 0 Å². The third kappa shape index (κ3) is 4.05. The number of rotatable bonds is 3. The van der Waals surface area contributed by atoms with E-state index in [9.17, 15) is 4.79 Å². The van der Waals surface area contributed by atoms with Crippen LogP contribution in [-0.4, -0.2) is 30.3 Å². The number of Topliss-reactive ketones (excluding diaryl/α,β-unsaturated/α-hetero) is 1. The van der Waals surface area contributed by atoms with E-state index < -0.39 is 0 Å². The molecule has 3 nitrogen and oxygen atoms in total. The van der Waals surface area contributed by atoms with E-state index in [2.05, 4.69) is 4.90 Å². The Morgan fingerprint density at radius 2 is 1.85 bits per heavy atom. The summed E-state index contributed by atoms with van der Waals surface area (Å²) in [6.45, 7) is 2.53. The lowest BCUT2D eigenvalue weighted by Crippen LogP contribution is -2.30. The second kappa shape index (κ2) is 5.71. The summed E-state index contributed by atoms with van der Waals surface area (Å²) in [6.07, 6.45) is 5.02. The molecule has 0 amide bonds. The summed E-state index contributed by atoms with van der Waals surface area (Å²) in [6, 6.07) is 1.90. The Morgan fingerprint density at radius 1 is 1.23 bits per heavy atom. The van der Waals surface area contributed by atoms with Gasteiger partial charge in [-0.3, -0.25) is 9.69 Å². The van der Waals surface area contributed by atoms with Crippen molar-refractivity contribution in [3.8, 4) is 6.07 Å². The van der Waals surface area contributed by atoms with Crippen molar-refractivity contribution in [3.05, 3.63) is 0 Å². The lowest BCUT2D eigenvalue weighted by atomic mass is 10.2. The van der Waals surface area contributed by atoms with Crippen molar-refractivity contribution in [3.63, 3.8) is 0 Å². The minimum atomic E-state index is 0.0596. The number of hydrogen-bond donors (Lipinski definition) is 0. The highest BCUT2D eigenvalue weighted by Crippen LogP contribution is 2.09. The molecule has 0 aromatic rings. The molecule has 0 bridgehead atoms. The van der Waals surface area contributed by atoms with E-state index in [1.165, 1.54) is 25.7 Å². The first kappa shape index (κ1) is 10.2. The lowest BCUT2D eigenvalue weighted by molar-refractivity contribution is -0.119. The van der Waals surface area contributed by atoms with Gasteiger partial charge in [-0.25, -0.2) is 0 Å². The molecular weight excluding hydrogens is 164 g/mol. The summed E-state index contributed by atoms with van der Waals surface area (Å²) in [5, 5.41) is 8.33. The minimum absolute atomic E-state index is 0.0596. The van der Waals surface area contributed by atoms with Crippen molar-refractivity contribution in [2.75, 3.05) is 19.6 Å². The molecule has 1 fully saturated rings. The van der Waals surface area contributed by atoms with Crippen LogP contribution in [0.2, 0.25) is 0 Å². The average Bonchev–Trinajstić information content (AvgIpc) is 2.33. The Balaban J connectivity index is 2.26. The van der Waals surface area contributed by atoms with Gasteiger partial charge in [0.2, 0.25) is 0 Å². The van der Waals surface area contributed by atoms with E-state index in [4.69, 9.17) is 5.26 Å². The van der Waals surface area contributed by atoms with Crippen LogP contribution in [0, 0.1) is 11.3 Å². The van der Waals surface area contributed by atoms with Crippen LogP contribution in [0.15, 0.2) is 0 Å². The number of nitrogens with zero attached hydrogens (tertiary/aromatic N) is 2. The maximum Gasteiger partial charge on any atom is 0.160 e. The van der Waals surface area contributed by atoms with E-state index >= 15 is 0 Å². The third-order valence-electron chi connectivity index (χ3n) is 2.37. The van der Waals surface area contributed by atoms with Crippen molar-refractivity contribution >= 4 is 5.78 Å². The minimum Gasteiger partial charge on any atom is -0.297 e. The summed E-state index contributed by atoms with van der Waals surface area (Å²) in [4.78, 5) is 13.3. The van der Waals surface area contributed by atoms with Gasteiger partial charge in [-0.1, -0.05) is 12.8 Å². The van der Waals surface area contributed by atoms with E-state index in [-0.39, 0.29) is 12.2 Å². The van der Waals surface area contributed by atoms with E-state index in [1.54, 1.807) is 0 Å². The number of carbonyl (C=O) groups is 1. The standard InChI is InChI=1S/C10H16N2O/c11-6-5-10(13)9-12-7-3-1-2-4-8-12/h1-5,7-9H2. The van der Waals surface area contributed by atoms with Crippen LogP contribution in [0.5, 0.6) is 0 Å². The Kier molecular flexibility index (Phi) is 4.48. The number of likely N-dealkylation sites (tertiary alicyclic amines) is 1. The molecular formula is C10H16N2O. The fourth-order valence-corrected chi connectivity index (χ4v) is 1.69.